The highest BCUT2D eigenvalue weighted by Gasteiger charge is 2.37. The summed E-state index contributed by atoms with van der Waals surface area (Å²) in [5.74, 6) is 1.39. The van der Waals surface area contributed by atoms with Gasteiger partial charge in [-0.25, -0.2) is 0 Å². The van der Waals surface area contributed by atoms with Gasteiger partial charge in [0.05, 0.1) is 5.92 Å². The molecule has 0 unspecified atom stereocenters. The van der Waals surface area contributed by atoms with Gasteiger partial charge in [0.1, 0.15) is 6.04 Å². The van der Waals surface area contributed by atoms with E-state index in [0.29, 0.717) is 24.8 Å². The molecule has 2 atom stereocenters. The Balaban J connectivity index is 1.69. The molecule has 0 spiro atoms. The van der Waals surface area contributed by atoms with Crippen molar-refractivity contribution >= 4 is 11.8 Å². The number of amides is 2. The number of carbonyl (C=O) groups is 2. The lowest BCUT2D eigenvalue weighted by molar-refractivity contribution is -0.143. The molecule has 2 aliphatic rings. The predicted molar refractivity (Wildman–Crippen MR) is 78.0 cm³/mol. The number of aryl methyl sites for hydroxylation is 1. The minimum atomic E-state index is -0.291. The Morgan fingerprint density at radius 1 is 1.23 bits per heavy atom. The lowest BCUT2D eigenvalue weighted by Crippen LogP contribution is -2.49. The van der Waals surface area contributed by atoms with Crippen LogP contribution in [0, 0.1) is 6.92 Å². The molecule has 1 aromatic rings. The molecule has 0 radical (unpaired) electrons. The van der Waals surface area contributed by atoms with E-state index in [9.17, 15) is 9.59 Å². The third kappa shape index (κ3) is 2.84. The van der Waals surface area contributed by atoms with Crippen molar-refractivity contribution < 1.29 is 14.1 Å². The van der Waals surface area contributed by atoms with E-state index in [2.05, 4.69) is 10.1 Å². The SMILES string of the molecule is CC(=O)N1CCC[C@H]1C(=O)N1CCC[C@H](c2nc(C)no2)C1. The molecule has 120 valence electrons. The average Bonchev–Trinajstić information content (AvgIpc) is 3.15. The van der Waals surface area contributed by atoms with Gasteiger partial charge in [-0.2, -0.15) is 4.98 Å². The summed E-state index contributed by atoms with van der Waals surface area (Å²) in [6.45, 7) is 5.35. The Bertz CT molecular complexity index is 571. The topological polar surface area (TPSA) is 79.5 Å². The van der Waals surface area contributed by atoms with Gasteiger partial charge in [-0.1, -0.05) is 5.16 Å². The van der Waals surface area contributed by atoms with Crippen LogP contribution in [-0.4, -0.2) is 57.4 Å². The molecule has 3 rings (SSSR count). The highest BCUT2D eigenvalue weighted by atomic mass is 16.5. The van der Waals surface area contributed by atoms with Crippen LogP contribution in [0.5, 0.6) is 0 Å². The van der Waals surface area contributed by atoms with Crippen LogP contribution < -0.4 is 0 Å². The van der Waals surface area contributed by atoms with Gasteiger partial charge in [0, 0.05) is 26.6 Å². The largest absolute Gasteiger partial charge is 0.340 e. The van der Waals surface area contributed by atoms with Crippen LogP contribution in [-0.2, 0) is 9.59 Å². The first kappa shape index (κ1) is 15.0. The molecule has 0 aromatic carbocycles. The molecule has 22 heavy (non-hydrogen) atoms. The molecular formula is C15H22N4O3. The summed E-state index contributed by atoms with van der Waals surface area (Å²) >= 11 is 0. The first-order valence-electron chi connectivity index (χ1n) is 7.92. The van der Waals surface area contributed by atoms with Gasteiger partial charge >= 0.3 is 0 Å². The zero-order valence-corrected chi connectivity index (χ0v) is 13.1. The number of carbonyl (C=O) groups excluding carboxylic acids is 2. The van der Waals surface area contributed by atoms with Gasteiger partial charge in [-0.3, -0.25) is 9.59 Å². The van der Waals surface area contributed by atoms with Gasteiger partial charge in [0.2, 0.25) is 17.7 Å². The maximum atomic E-state index is 12.8. The van der Waals surface area contributed by atoms with Crippen molar-refractivity contribution in [3.8, 4) is 0 Å². The lowest BCUT2D eigenvalue weighted by Gasteiger charge is -2.34. The Morgan fingerprint density at radius 2 is 2.00 bits per heavy atom. The number of rotatable bonds is 2. The van der Waals surface area contributed by atoms with Crippen molar-refractivity contribution in [3.05, 3.63) is 11.7 Å². The molecule has 7 nitrogen and oxygen atoms in total. The Hall–Kier alpha value is -1.92. The highest BCUT2D eigenvalue weighted by molar-refractivity contribution is 5.87. The van der Waals surface area contributed by atoms with Gasteiger partial charge in [-0.15, -0.1) is 0 Å². The fourth-order valence-corrected chi connectivity index (χ4v) is 3.47. The third-order valence-electron chi connectivity index (χ3n) is 4.57. The van der Waals surface area contributed by atoms with Crippen LogP contribution in [0.1, 0.15) is 50.2 Å². The van der Waals surface area contributed by atoms with Crippen molar-refractivity contribution in [2.45, 2.75) is 51.5 Å². The summed E-state index contributed by atoms with van der Waals surface area (Å²) in [4.78, 5) is 32.3. The molecule has 0 N–H and O–H groups in total. The van der Waals surface area contributed by atoms with E-state index >= 15 is 0 Å². The number of hydrogen-bond donors (Lipinski definition) is 0. The smallest absolute Gasteiger partial charge is 0.245 e. The summed E-state index contributed by atoms with van der Waals surface area (Å²) in [6.07, 6.45) is 3.53. The third-order valence-corrected chi connectivity index (χ3v) is 4.57. The molecule has 2 aliphatic heterocycles. The first-order valence-corrected chi connectivity index (χ1v) is 7.92. The maximum Gasteiger partial charge on any atom is 0.245 e. The lowest BCUT2D eigenvalue weighted by atomic mass is 9.97. The van der Waals surface area contributed by atoms with E-state index < -0.39 is 0 Å². The first-order chi connectivity index (χ1) is 10.6. The number of piperidine rings is 1. The molecule has 1 aromatic heterocycles. The molecule has 2 amide bonds. The van der Waals surface area contributed by atoms with Crippen molar-refractivity contribution in [3.63, 3.8) is 0 Å². The summed E-state index contributed by atoms with van der Waals surface area (Å²) < 4.78 is 5.25. The summed E-state index contributed by atoms with van der Waals surface area (Å²) in [7, 11) is 0. The normalized spacial score (nSPS) is 25.5. The number of aromatic nitrogens is 2. The summed E-state index contributed by atoms with van der Waals surface area (Å²) in [6, 6.07) is -0.291. The molecule has 7 heteroatoms. The van der Waals surface area contributed by atoms with Crippen molar-refractivity contribution in [1.82, 2.24) is 19.9 Å². The fourth-order valence-electron chi connectivity index (χ4n) is 3.47. The minimum absolute atomic E-state index is 0.0167. The minimum Gasteiger partial charge on any atom is -0.340 e. The number of hydrogen-bond acceptors (Lipinski definition) is 5. The quantitative estimate of drug-likeness (QED) is 0.817. The average molecular weight is 306 g/mol. The molecule has 3 heterocycles. The van der Waals surface area contributed by atoms with E-state index in [4.69, 9.17) is 4.52 Å². The summed E-state index contributed by atoms with van der Waals surface area (Å²) in [5.41, 5.74) is 0. The Kier molecular flexibility index (Phi) is 4.13. The van der Waals surface area contributed by atoms with Gasteiger partial charge in [-0.05, 0) is 32.6 Å². The van der Waals surface area contributed by atoms with E-state index in [0.717, 1.165) is 32.2 Å². The standard InChI is InChI=1S/C15H22N4O3/c1-10-16-14(22-17-10)12-5-3-7-18(9-12)15(21)13-6-4-8-19(13)11(2)20/h12-13H,3-9H2,1-2H3/t12-,13-/m0/s1. The predicted octanol–water partition coefficient (Wildman–Crippen LogP) is 1.09. The molecule has 0 aliphatic carbocycles. The van der Waals surface area contributed by atoms with Crippen molar-refractivity contribution in [2.24, 2.45) is 0 Å². The molecule has 2 fully saturated rings. The highest BCUT2D eigenvalue weighted by Crippen LogP contribution is 2.28. The zero-order valence-electron chi connectivity index (χ0n) is 13.1. The number of likely N-dealkylation sites (tertiary alicyclic amines) is 2. The van der Waals surface area contributed by atoms with Crippen LogP contribution in [0.2, 0.25) is 0 Å². The van der Waals surface area contributed by atoms with E-state index in [1.165, 1.54) is 6.92 Å². The maximum absolute atomic E-state index is 12.8. The van der Waals surface area contributed by atoms with E-state index in [1.54, 1.807) is 11.8 Å². The molecule has 0 bridgehead atoms. The van der Waals surface area contributed by atoms with Crippen LogP contribution >= 0.6 is 0 Å². The van der Waals surface area contributed by atoms with Gasteiger partial charge < -0.3 is 14.3 Å². The monoisotopic (exact) mass is 306 g/mol. The second kappa shape index (κ2) is 6.06. The van der Waals surface area contributed by atoms with Crippen molar-refractivity contribution in [1.29, 1.82) is 0 Å². The van der Waals surface area contributed by atoms with Crippen LogP contribution in [0.15, 0.2) is 4.52 Å². The second-order valence-electron chi connectivity index (χ2n) is 6.17. The fraction of sp³-hybridized carbons (Fsp3) is 0.733. The van der Waals surface area contributed by atoms with Crippen LogP contribution in [0.4, 0.5) is 0 Å². The van der Waals surface area contributed by atoms with Crippen molar-refractivity contribution in [2.75, 3.05) is 19.6 Å². The summed E-state index contributed by atoms with van der Waals surface area (Å²) in [5, 5.41) is 3.83. The van der Waals surface area contributed by atoms with Gasteiger partial charge in [0.25, 0.3) is 0 Å². The molecule has 2 saturated heterocycles. The molecule has 0 saturated carbocycles. The Labute approximate surface area is 129 Å². The zero-order chi connectivity index (χ0) is 15.7. The molecular weight excluding hydrogens is 284 g/mol. The number of nitrogens with zero attached hydrogens (tertiary/aromatic N) is 4. The van der Waals surface area contributed by atoms with E-state index in [1.807, 2.05) is 4.90 Å². The van der Waals surface area contributed by atoms with E-state index in [-0.39, 0.29) is 23.8 Å². The van der Waals surface area contributed by atoms with Crippen LogP contribution in [0.3, 0.4) is 0 Å². The van der Waals surface area contributed by atoms with Gasteiger partial charge in [0.15, 0.2) is 5.82 Å². The Morgan fingerprint density at radius 3 is 2.68 bits per heavy atom. The second-order valence-corrected chi connectivity index (χ2v) is 6.17. The van der Waals surface area contributed by atoms with Crippen LogP contribution in [0.25, 0.3) is 0 Å².